The molecular weight excluding hydrogens is 396 g/mol. The summed E-state index contributed by atoms with van der Waals surface area (Å²) in [6.07, 6.45) is 3.15. The fraction of sp³-hybridized carbons (Fsp3) is 0.292. The number of rotatable bonds is 8. The lowest BCUT2D eigenvalue weighted by Gasteiger charge is -2.19. The first-order valence-corrected chi connectivity index (χ1v) is 11.0. The van der Waals surface area contributed by atoms with E-state index in [4.69, 9.17) is 0 Å². The maximum Gasteiger partial charge on any atom is 0.240 e. The number of carbonyl (C=O) groups is 3. The molecular formula is C24H26N2O3S. The van der Waals surface area contributed by atoms with Crippen LogP contribution < -0.4 is 5.32 Å². The molecule has 1 aliphatic heterocycles. The molecule has 0 unspecified atom stereocenters. The van der Waals surface area contributed by atoms with Gasteiger partial charge in [0, 0.05) is 17.7 Å². The Balaban J connectivity index is 1.58. The van der Waals surface area contributed by atoms with Crippen LogP contribution >= 0.6 is 11.8 Å². The zero-order valence-electron chi connectivity index (χ0n) is 17.3. The lowest BCUT2D eigenvalue weighted by Crippen LogP contribution is -2.41. The third-order valence-corrected chi connectivity index (χ3v) is 6.02. The van der Waals surface area contributed by atoms with Gasteiger partial charge in [0.15, 0.2) is 5.78 Å². The highest BCUT2D eigenvalue weighted by atomic mass is 32.2. The number of thioether (sulfide) groups is 1. The second-order valence-corrected chi connectivity index (χ2v) is 8.42. The van der Waals surface area contributed by atoms with E-state index in [2.05, 4.69) is 17.4 Å². The molecule has 1 N–H and O–H groups in total. The normalized spacial score (nSPS) is 16.0. The van der Waals surface area contributed by atoms with Gasteiger partial charge in [0.1, 0.15) is 6.54 Å². The third kappa shape index (κ3) is 5.83. The summed E-state index contributed by atoms with van der Waals surface area (Å²) in [4.78, 5) is 38.8. The molecule has 0 saturated carbocycles. The number of benzene rings is 2. The van der Waals surface area contributed by atoms with E-state index in [1.807, 2.05) is 50.2 Å². The van der Waals surface area contributed by atoms with E-state index < -0.39 is 0 Å². The Morgan fingerprint density at radius 3 is 2.57 bits per heavy atom. The summed E-state index contributed by atoms with van der Waals surface area (Å²) < 4.78 is 0. The quantitative estimate of drug-likeness (QED) is 0.520. The summed E-state index contributed by atoms with van der Waals surface area (Å²) in [6, 6.07) is 17.4. The molecule has 1 fully saturated rings. The number of allylic oxidation sites excluding steroid dienone is 1. The Morgan fingerprint density at radius 1 is 1.13 bits per heavy atom. The minimum Gasteiger partial charge on any atom is -0.352 e. The van der Waals surface area contributed by atoms with Gasteiger partial charge in [-0.05, 0) is 37.8 Å². The molecule has 1 saturated heterocycles. The Morgan fingerprint density at radius 2 is 1.83 bits per heavy atom. The van der Waals surface area contributed by atoms with Gasteiger partial charge in [0.05, 0.1) is 10.8 Å². The van der Waals surface area contributed by atoms with E-state index in [9.17, 15) is 14.4 Å². The summed E-state index contributed by atoms with van der Waals surface area (Å²) in [5.41, 5.74) is 2.71. The molecule has 1 atom stereocenters. The monoisotopic (exact) mass is 422 g/mol. The molecule has 30 heavy (non-hydrogen) atoms. The van der Waals surface area contributed by atoms with Crippen molar-refractivity contribution in [2.75, 3.05) is 12.3 Å². The van der Waals surface area contributed by atoms with Crippen LogP contribution in [-0.4, -0.2) is 40.8 Å². The second-order valence-electron chi connectivity index (χ2n) is 7.42. The van der Waals surface area contributed by atoms with Gasteiger partial charge in [-0.2, -0.15) is 0 Å². The number of amides is 2. The molecule has 2 aromatic carbocycles. The predicted octanol–water partition coefficient (Wildman–Crippen LogP) is 3.73. The van der Waals surface area contributed by atoms with Gasteiger partial charge in [-0.15, -0.1) is 0 Å². The van der Waals surface area contributed by atoms with Gasteiger partial charge < -0.3 is 5.32 Å². The highest BCUT2D eigenvalue weighted by Crippen LogP contribution is 2.29. The van der Waals surface area contributed by atoms with E-state index in [-0.39, 0.29) is 35.9 Å². The average molecular weight is 423 g/mol. The first-order valence-electron chi connectivity index (χ1n) is 10.0. The smallest absolute Gasteiger partial charge is 0.240 e. The van der Waals surface area contributed by atoms with Gasteiger partial charge in [-0.3, -0.25) is 19.3 Å². The van der Waals surface area contributed by atoms with E-state index >= 15 is 0 Å². The van der Waals surface area contributed by atoms with E-state index in [1.165, 1.54) is 28.3 Å². The number of nitrogens with one attached hydrogen (secondary N) is 1. The van der Waals surface area contributed by atoms with E-state index in [0.29, 0.717) is 10.6 Å². The molecule has 0 aliphatic carbocycles. The first-order chi connectivity index (χ1) is 14.4. The SMILES string of the molecule is Cc1ccccc1C(=O)/C=C1\SCC(=O)N1CC(=O)N[C@@H](C)CCc1ccccc1. The number of nitrogens with zero attached hydrogens (tertiary/aromatic N) is 1. The molecule has 6 heteroatoms. The summed E-state index contributed by atoms with van der Waals surface area (Å²) in [7, 11) is 0. The van der Waals surface area contributed by atoms with Crippen molar-refractivity contribution in [3.63, 3.8) is 0 Å². The zero-order chi connectivity index (χ0) is 21.5. The Bertz CT molecular complexity index is 956. The molecule has 0 aromatic heterocycles. The molecule has 156 valence electrons. The van der Waals surface area contributed by atoms with Crippen molar-refractivity contribution in [2.45, 2.75) is 32.7 Å². The predicted molar refractivity (Wildman–Crippen MR) is 120 cm³/mol. The van der Waals surface area contributed by atoms with Crippen molar-refractivity contribution in [1.29, 1.82) is 0 Å². The molecule has 2 amide bonds. The van der Waals surface area contributed by atoms with Gasteiger partial charge in [0.25, 0.3) is 0 Å². The molecule has 1 aliphatic rings. The molecule has 1 heterocycles. The minimum atomic E-state index is -0.222. The highest BCUT2D eigenvalue weighted by Gasteiger charge is 2.29. The zero-order valence-corrected chi connectivity index (χ0v) is 18.1. The third-order valence-electron chi connectivity index (χ3n) is 4.99. The minimum absolute atomic E-state index is 0.0101. The molecule has 0 bridgehead atoms. The van der Waals surface area contributed by atoms with E-state index in [1.54, 1.807) is 6.07 Å². The number of ketones is 1. The average Bonchev–Trinajstić information content (AvgIpc) is 3.06. The first kappa shape index (κ1) is 21.8. The molecule has 5 nitrogen and oxygen atoms in total. The van der Waals surface area contributed by atoms with Crippen molar-refractivity contribution < 1.29 is 14.4 Å². The summed E-state index contributed by atoms with van der Waals surface area (Å²) in [5.74, 6) is -0.299. The molecule has 0 spiro atoms. The van der Waals surface area contributed by atoms with Gasteiger partial charge in [-0.25, -0.2) is 0 Å². The van der Waals surface area contributed by atoms with Gasteiger partial charge >= 0.3 is 0 Å². The lowest BCUT2D eigenvalue weighted by atomic mass is 10.1. The van der Waals surface area contributed by atoms with Crippen molar-refractivity contribution in [1.82, 2.24) is 10.2 Å². The summed E-state index contributed by atoms with van der Waals surface area (Å²) in [5, 5.41) is 3.49. The highest BCUT2D eigenvalue weighted by molar-refractivity contribution is 8.04. The van der Waals surface area contributed by atoms with Gasteiger partial charge in [-0.1, -0.05) is 66.4 Å². The van der Waals surface area contributed by atoms with E-state index in [0.717, 1.165) is 18.4 Å². The number of hydrogen-bond acceptors (Lipinski definition) is 4. The topological polar surface area (TPSA) is 66.5 Å². The van der Waals surface area contributed by atoms with Crippen LogP contribution in [0.5, 0.6) is 0 Å². The van der Waals surface area contributed by atoms with Crippen LogP contribution in [0.15, 0.2) is 65.7 Å². The molecule has 0 radical (unpaired) electrons. The molecule has 3 rings (SSSR count). The van der Waals surface area contributed by atoms with Crippen LogP contribution in [0.25, 0.3) is 0 Å². The fourth-order valence-electron chi connectivity index (χ4n) is 3.30. The Kier molecular flexibility index (Phi) is 7.46. The lowest BCUT2D eigenvalue weighted by molar-refractivity contribution is -0.131. The van der Waals surface area contributed by atoms with Crippen molar-refractivity contribution in [3.8, 4) is 0 Å². The number of carbonyl (C=O) groups excluding carboxylic acids is 3. The summed E-state index contributed by atoms with van der Waals surface area (Å²) >= 11 is 1.29. The van der Waals surface area contributed by atoms with Gasteiger partial charge in [0.2, 0.25) is 11.8 Å². The van der Waals surface area contributed by atoms with Crippen LogP contribution in [0.3, 0.4) is 0 Å². The van der Waals surface area contributed by atoms with Crippen LogP contribution in [0.1, 0.15) is 34.8 Å². The Labute approximate surface area is 181 Å². The number of aryl methyl sites for hydroxylation is 2. The Hall–Kier alpha value is -2.86. The van der Waals surface area contributed by atoms with Crippen LogP contribution in [0, 0.1) is 6.92 Å². The number of hydrogen-bond donors (Lipinski definition) is 1. The van der Waals surface area contributed by atoms with Crippen LogP contribution in [0.4, 0.5) is 0 Å². The van der Waals surface area contributed by atoms with Crippen LogP contribution in [-0.2, 0) is 16.0 Å². The van der Waals surface area contributed by atoms with Crippen molar-refractivity contribution >= 4 is 29.4 Å². The summed E-state index contributed by atoms with van der Waals surface area (Å²) in [6.45, 7) is 3.76. The second kappa shape index (κ2) is 10.3. The maximum absolute atomic E-state index is 12.6. The maximum atomic E-state index is 12.6. The van der Waals surface area contributed by atoms with Crippen molar-refractivity contribution in [2.24, 2.45) is 0 Å². The standard InChI is InChI=1S/C24H26N2O3S/c1-17-8-6-7-11-20(17)21(27)14-24-26(23(29)16-30-24)15-22(28)25-18(2)12-13-19-9-4-3-5-10-19/h3-11,14,18H,12-13,15-16H2,1-2H3,(H,25,28)/b24-14-/t18-/m0/s1. The largest absolute Gasteiger partial charge is 0.352 e. The van der Waals surface area contributed by atoms with Crippen molar-refractivity contribution in [3.05, 3.63) is 82.4 Å². The van der Waals surface area contributed by atoms with Crippen LogP contribution in [0.2, 0.25) is 0 Å². The molecule has 2 aromatic rings. The fourth-order valence-corrected chi connectivity index (χ4v) is 4.24.